The van der Waals surface area contributed by atoms with Gasteiger partial charge in [-0.15, -0.1) is 0 Å². The van der Waals surface area contributed by atoms with Crippen molar-refractivity contribution in [1.82, 2.24) is 9.80 Å². The summed E-state index contributed by atoms with van der Waals surface area (Å²) < 4.78 is 32.4. The second-order valence-corrected chi connectivity index (χ2v) is 10.3. The van der Waals surface area contributed by atoms with Crippen LogP contribution in [0.4, 0.5) is 0 Å². The molecule has 0 aliphatic carbocycles. The van der Waals surface area contributed by atoms with Crippen LogP contribution >= 0.6 is 0 Å². The van der Waals surface area contributed by atoms with Crippen LogP contribution < -0.4 is 9.47 Å². The molecule has 1 saturated heterocycles. The Hall–Kier alpha value is -3.99. The number of hydrogen-bond donors (Lipinski definition) is 0. The van der Waals surface area contributed by atoms with Crippen molar-refractivity contribution in [3.05, 3.63) is 114 Å². The van der Waals surface area contributed by atoms with Gasteiger partial charge in [-0.1, -0.05) is 85.0 Å². The van der Waals surface area contributed by atoms with E-state index in [0.29, 0.717) is 51.0 Å². The molecular formula is C36H44N2O7. The standard InChI is InChI=1S/C36H44N2O7/c1-40-23-25-42-28-44-33-18-17-30(27-34(33)45-29-43-26-24-41-2)11-9-10-16-35(39)37-19-21-38(22-20-37)36(31-12-5-3-6-13-31)32-14-7-4-8-15-32/h3-18,27,36H,19-26,28-29H2,1-2H3/b11-9+,16-10+. The predicted molar refractivity (Wildman–Crippen MR) is 174 cm³/mol. The van der Waals surface area contributed by atoms with Crippen molar-refractivity contribution >= 4 is 12.0 Å². The van der Waals surface area contributed by atoms with Crippen molar-refractivity contribution in [1.29, 1.82) is 0 Å². The quantitative estimate of drug-likeness (QED) is 0.0837. The average molecular weight is 617 g/mol. The van der Waals surface area contributed by atoms with Gasteiger partial charge in [0.25, 0.3) is 0 Å². The molecular weight excluding hydrogens is 572 g/mol. The Balaban J connectivity index is 1.31. The summed E-state index contributed by atoms with van der Waals surface area (Å²) in [6, 6.07) is 26.9. The van der Waals surface area contributed by atoms with Crippen LogP contribution in [0, 0.1) is 0 Å². The molecule has 1 aliphatic rings. The van der Waals surface area contributed by atoms with Gasteiger partial charge in [-0.05, 0) is 28.8 Å². The Labute approximate surface area is 266 Å². The number of piperazine rings is 1. The summed E-state index contributed by atoms with van der Waals surface area (Å²) in [6.45, 7) is 4.87. The number of rotatable bonds is 18. The number of amides is 1. The lowest BCUT2D eigenvalue weighted by Crippen LogP contribution is -2.49. The van der Waals surface area contributed by atoms with Crippen LogP contribution in [-0.2, 0) is 23.7 Å². The Morgan fingerprint density at radius 3 is 1.87 bits per heavy atom. The van der Waals surface area contributed by atoms with Gasteiger partial charge in [0.2, 0.25) is 5.91 Å². The number of methoxy groups -OCH3 is 2. The third kappa shape index (κ3) is 11.1. The minimum absolute atomic E-state index is 0.00437. The fourth-order valence-electron chi connectivity index (χ4n) is 4.97. The Morgan fingerprint density at radius 2 is 1.29 bits per heavy atom. The SMILES string of the molecule is COCCOCOc1ccc(/C=C/C=C/C(=O)N2CCN(C(c3ccccc3)c3ccccc3)CC2)cc1OCOCCOC. The lowest BCUT2D eigenvalue weighted by atomic mass is 9.96. The summed E-state index contributed by atoms with van der Waals surface area (Å²) >= 11 is 0. The van der Waals surface area contributed by atoms with Gasteiger partial charge >= 0.3 is 0 Å². The van der Waals surface area contributed by atoms with Crippen LogP contribution in [0.25, 0.3) is 6.08 Å². The number of carbonyl (C=O) groups excluding carboxylic acids is 1. The number of benzene rings is 3. The molecule has 1 amide bonds. The van der Waals surface area contributed by atoms with Crippen LogP contribution in [-0.4, -0.2) is 96.1 Å². The first-order chi connectivity index (χ1) is 22.2. The fourth-order valence-corrected chi connectivity index (χ4v) is 4.97. The number of ether oxygens (including phenoxy) is 6. The minimum atomic E-state index is 0.00437. The lowest BCUT2D eigenvalue weighted by molar-refractivity contribution is -0.127. The summed E-state index contributed by atoms with van der Waals surface area (Å²) in [7, 11) is 3.23. The fraction of sp³-hybridized carbons (Fsp3) is 0.361. The molecule has 0 atom stereocenters. The van der Waals surface area contributed by atoms with Gasteiger partial charge in [0.1, 0.15) is 0 Å². The van der Waals surface area contributed by atoms with E-state index >= 15 is 0 Å². The first-order valence-corrected chi connectivity index (χ1v) is 15.2. The second-order valence-electron chi connectivity index (χ2n) is 10.3. The van der Waals surface area contributed by atoms with Crippen molar-refractivity contribution in [3.63, 3.8) is 0 Å². The number of hydrogen-bond acceptors (Lipinski definition) is 8. The number of carbonyl (C=O) groups is 1. The molecule has 0 bridgehead atoms. The van der Waals surface area contributed by atoms with Crippen molar-refractivity contribution < 1.29 is 33.2 Å². The highest BCUT2D eigenvalue weighted by atomic mass is 16.7. The van der Waals surface area contributed by atoms with E-state index in [1.807, 2.05) is 47.4 Å². The predicted octanol–water partition coefficient (Wildman–Crippen LogP) is 5.19. The summed E-state index contributed by atoms with van der Waals surface area (Å²) in [5.74, 6) is 1.06. The van der Waals surface area contributed by atoms with E-state index in [4.69, 9.17) is 28.4 Å². The monoisotopic (exact) mass is 616 g/mol. The van der Waals surface area contributed by atoms with E-state index in [0.717, 1.165) is 18.7 Å². The molecule has 0 N–H and O–H groups in total. The second kappa shape index (κ2) is 19.4. The smallest absolute Gasteiger partial charge is 0.246 e. The van der Waals surface area contributed by atoms with Crippen molar-refractivity contribution in [2.75, 3.05) is 80.4 Å². The van der Waals surface area contributed by atoms with Crippen LogP contribution in [0.15, 0.2) is 97.1 Å². The summed E-state index contributed by atoms with van der Waals surface area (Å²) in [6.07, 6.45) is 7.14. The maximum Gasteiger partial charge on any atom is 0.246 e. The molecule has 0 radical (unpaired) electrons. The molecule has 1 heterocycles. The average Bonchev–Trinajstić information content (AvgIpc) is 3.08. The third-order valence-electron chi connectivity index (χ3n) is 7.29. The normalized spacial score (nSPS) is 14.1. The van der Waals surface area contributed by atoms with Gasteiger partial charge in [0.05, 0.1) is 32.5 Å². The summed E-state index contributed by atoms with van der Waals surface area (Å²) in [4.78, 5) is 17.4. The molecule has 9 nitrogen and oxygen atoms in total. The molecule has 3 aromatic rings. The van der Waals surface area contributed by atoms with Gasteiger partial charge in [0, 0.05) is 46.5 Å². The van der Waals surface area contributed by atoms with Crippen LogP contribution in [0.2, 0.25) is 0 Å². The first-order valence-electron chi connectivity index (χ1n) is 15.2. The van der Waals surface area contributed by atoms with Gasteiger partial charge in [-0.25, -0.2) is 0 Å². The van der Waals surface area contributed by atoms with E-state index in [1.165, 1.54) is 11.1 Å². The molecule has 1 aliphatic heterocycles. The van der Waals surface area contributed by atoms with E-state index in [1.54, 1.807) is 26.4 Å². The maximum absolute atomic E-state index is 13.0. The van der Waals surface area contributed by atoms with Crippen molar-refractivity contribution in [3.8, 4) is 11.5 Å². The Morgan fingerprint density at radius 1 is 0.711 bits per heavy atom. The molecule has 9 heteroatoms. The Bertz CT molecular complexity index is 1290. The van der Waals surface area contributed by atoms with Crippen LogP contribution in [0.1, 0.15) is 22.7 Å². The molecule has 45 heavy (non-hydrogen) atoms. The van der Waals surface area contributed by atoms with Crippen LogP contribution in [0.3, 0.4) is 0 Å². The molecule has 1 fully saturated rings. The molecule has 0 aromatic heterocycles. The van der Waals surface area contributed by atoms with Crippen LogP contribution in [0.5, 0.6) is 11.5 Å². The Kier molecular flexibility index (Phi) is 14.6. The first kappa shape index (κ1) is 33.9. The van der Waals surface area contributed by atoms with Gasteiger partial charge in [0.15, 0.2) is 25.1 Å². The summed E-state index contributed by atoms with van der Waals surface area (Å²) in [5.41, 5.74) is 3.40. The maximum atomic E-state index is 13.0. The largest absolute Gasteiger partial charge is 0.464 e. The number of nitrogens with zero attached hydrogens (tertiary/aromatic N) is 2. The van der Waals surface area contributed by atoms with Gasteiger partial charge < -0.3 is 33.3 Å². The van der Waals surface area contributed by atoms with E-state index < -0.39 is 0 Å². The zero-order valence-corrected chi connectivity index (χ0v) is 26.2. The highest BCUT2D eigenvalue weighted by Gasteiger charge is 2.27. The zero-order chi connectivity index (χ0) is 31.5. The number of allylic oxidation sites excluding steroid dienone is 2. The lowest BCUT2D eigenvalue weighted by Gasteiger charge is -2.39. The molecule has 3 aromatic carbocycles. The molecule has 0 saturated carbocycles. The van der Waals surface area contributed by atoms with Gasteiger partial charge in [-0.3, -0.25) is 9.69 Å². The van der Waals surface area contributed by atoms with Crippen molar-refractivity contribution in [2.45, 2.75) is 6.04 Å². The van der Waals surface area contributed by atoms with E-state index in [9.17, 15) is 4.79 Å². The summed E-state index contributed by atoms with van der Waals surface area (Å²) in [5, 5.41) is 0. The highest BCUT2D eigenvalue weighted by Crippen LogP contribution is 2.30. The molecule has 240 valence electrons. The van der Waals surface area contributed by atoms with Gasteiger partial charge in [-0.2, -0.15) is 0 Å². The highest BCUT2D eigenvalue weighted by molar-refractivity contribution is 5.88. The zero-order valence-electron chi connectivity index (χ0n) is 26.2. The molecule has 0 spiro atoms. The molecule has 4 rings (SSSR count). The van der Waals surface area contributed by atoms with E-state index in [-0.39, 0.29) is 25.5 Å². The topological polar surface area (TPSA) is 78.9 Å². The third-order valence-corrected chi connectivity index (χ3v) is 7.29. The molecule has 0 unspecified atom stereocenters. The minimum Gasteiger partial charge on any atom is -0.464 e. The van der Waals surface area contributed by atoms with E-state index in [2.05, 4.69) is 53.4 Å². The van der Waals surface area contributed by atoms with Crippen molar-refractivity contribution in [2.24, 2.45) is 0 Å².